The average Bonchev–Trinajstić information content (AvgIpc) is 2.56. The van der Waals surface area contributed by atoms with Gasteiger partial charge in [0.25, 0.3) is 0 Å². The number of hydrogen-bond donors (Lipinski definition) is 0. The Morgan fingerprint density at radius 3 is 2.65 bits per heavy atom. The summed E-state index contributed by atoms with van der Waals surface area (Å²) in [4.78, 5) is 16.9. The lowest BCUT2D eigenvalue weighted by molar-refractivity contribution is 0.0537. The van der Waals surface area contributed by atoms with Gasteiger partial charge in [0, 0.05) is 12.5 Å². The molecular formula is C14H22IN3O2. The summed E-state index contributed by atoms with van der Waals surface area (Å²) in [7, 11) is 0. The van der Waals surface area contributed by atoms with E-state index in [9.17, 15) is 4.79 Å². The predicted molar refractivity (Wildman–Crippen MR) is 86.5 cm³/mol. The average molecular weight is 391 g/mol. The molecule has 2 rings (SSSR count). The van der Waals surface area contributed by atoms with E-state index in [-0.39, 0.29) is 6.09 Å². The quantitative estimate of drug-likeness (QED) is 0.740. The highest BCUT2D eigenvalue weighted by Gasteiger charge is 2.29. The molecule has 1 amide bonds. The highest BCUT2D eigenvalue weighted by atomic mass is 127. The van der Waals surface area contributed by atoms with Crippen molar-refractivity contribution in [3.05, 3.63) is 15.7 Å². The summed E-state index contributed by atoms with van der Waals surface area (Å²) < 4.78 is 8.26. The van der Waals surface area contributed by atoms with Crippen LogP contribution in [-0.4, -0.2) is 27.9 Å². The SMILES string of the molecule is CCN(C(=O)OC(C)(C)C)n1cc(I)nc1C1CCC1. The van der Waals surface area contributed by atoms with E-state index in [1.165, 1.54) is 6.42 Å². The Balaban J connectivity index is 2.24. The summed E-state index contributed by atoms with van der Waals surface area (Å²) in [6, 6.07) is 0. The fraction of sp³-hybridized carbons (Fsp3) is 0.714. The minimum atomic E-state index is -0.491. The molecule has 6 heteroatoms. The van der Waals surface area contributed by atoms with Gasteiger partial charge in [0.2, 0.25) is 0 Å². The largest absolute Gasteiger partial charge is 0.442 e. The van der Waals surface area contributed by atoms with E-state index in [4.69, 9.17) is 4.74 Å². The lowest BCUT2D eigenvalue weighted by atomic mass is 9.85. The Bertz CT molecular complexity index is 489. The van der Waals surface area contributed by atoms with E-state index in [1.54, 1.807) is 5.01 Å². The van der Waals surface area contributed by atoms with Gasteiger partial charge in [-0.3, -0.25) is 0 Å². The Hall–Kier alpha value is -0.790. The summed E-state index contributed by atoms with van der Waals surface area (Å²) in [5.74, 6) is 1.45. The third-order valence-corrected chi connectivity index (χ3v) is 3.84. The van der Waals surface area contributed by atoms with Crippen LogP contribution in [-0.2, 0) is 4.74 Å². The number of rotatable bonds is 3. The van der Waals surface area contributed by atoms with Gasteiger partial charge in [-0.05, 0) is 63.1 Å². The van der Waals surface area contributed by atoms with Gasteiger partial charge in [0.15, 0.2) is 0 Å². The van der Waals surface area contributed by atoms with Gasteiger partial charge in [-0.1, -0.05) is 6.42 Å². The second-order valence-corrected chi connectivity index (χ2v) is 7.20. The number of amides is 1. The maximum Gasteiger partial charge on any atom is 0.429 e. The van der Waals surface area contributed by atoms with Crippen LogP contribution in [0, 0.1) is 3.70 Å². The Morgan fingerprint density at radius 2 is 2.20 bits per heavy atom. The maximum atomic E-state index is 12.3. The monoisotopic (exact) mass is 391 g/mol. The number of carbonyl (C=O) groups excluding carboxylic acids is 1. The van der Waals surface area contributed by atoms with Crippen molar-refractivity contribution in [1.82, 2.24) is 9.66 Å². The molecule has 0 N–H and O–H groups in total. The van der Waals surface area contributed by atoms with Crippen LogP contribution in [0.4, 0.5) is 4.79 Å². The summed E-state index contributed by atoms with van der Waals surface area (Å²) >= 11 is 2.19. The molecule has 1 aliphatic carbocycles. The van der Waals surface area contributed by atoms with Crippen LogP contribution in [0.2, 0.25) is 0 Å². The zero-order valence-electron chi connectivity index (χ0n) is 12.5. The van der Waals surface area contributed by atoms with Gasteiger partial charge >= 0.3 is 6.09 Å². The van der Waals surface area contributed by atoms with E-state index in [0.29, 0.717) is 12.5 Å². The fourth-order valence-corrected chi connectivity index (χ4v) is 2.69. The van der Waals surface area contributed by atoms with E-state index in [0.717, 1.165) is 22.4 Å². The highest BCUT2D eigenvalue weighted by Crippen LogP contribution is 2.36. The lowest BCUT2D eigenvalue weighted by Gasteiger charge is -2.31. The molecule has 0 spiro atoms. The molecule has 0 aromatic carbocycles. The van der Waals surface area contributed by atoms with Gasteiger partial charge in [-0.2, -0.15) is 0 Å². The second-order valence-electron chi connectivity index (χ2n) is 6.09. The summed E-state index contributed by atoms with van der Waals surface area (Å²) in [5.41, 5.74) is -0.491. The van der Waals surface area contributed by atoms with Gasteiger partial charge in [-0.25, -0.2) is 19.5 Å². The van der Waals surface area contributed by atoms with Crippen molar-refractivity contribution in [2.24, 2.45) is 0 Å². The molecule has 0 radical (unpaired) electrons. The van der Waals surface area contributed by atoms with Crippen molar-refractivity contribution in [2.45, 2.75) is 58.5 Å². The minimum Gasteiger partial charge on any atom is -0.442 e. The Labute approximate surface area is 133 Å². The van der Waals surface area contributed by atoms with Crippen molar-refractivity contribution < 1.29 is 9.53 Å². The smallest absolute Gasteiger partial charge is 0.429 e. The number of hydrogen-bond acceptors (Lipinski definition) is 3. The first kappa shape index (κ1) is 15.6. The minimum absolute atomic E-state index is 0.325. The molecule has 1 aromatic rings. The Morgan fingerprint density at radius 1 is 1.55 bits per heavy atom. The van der Waals surface area contributed by atoms with Crippen LogP contribution in [0.15, 0.2) is 6.20 Å². The Kier molecular flexibility index (Phi) is 4.61. The first-order chi connectivity index (χ1) is 9.31. The summed E-state index contributed by atoms with van der Waals surface area (Å²) in [5, 5.41) is 1.62. The molecule has 1 aromatic heterocycles. The molecule has 0 unspecified atom stereocenters. The van der Waals surface area contributed by atoms with E-state index in [2.05, 4.69) is 27.6 Å². The summed E-state index contributed by atoms with van der Waals surface area (Å²) in [6.45, 7) is 8.14. The third kappa shape index (κ3) is 3.45. The summed E-state index contributed by atoms with van der Waals surface area (Å²) in [6.07, 6.45) is 5.13. The molecule has 20 heavy (non-hydrogen) atoms. The van der Waals surface area contributed by atoms with Crippen molar-refractivity contribution in [3.8, 4) is 0 Å². The molecule has 1 fully saturated rings. The van der Waals surface area contributed by atoms with Crippen LogP contribution < -0.4 is 5.01 Å². The van der Waals surface area contributed by atoms with Gasteiger partial charge < -0.3 is 4.74 Å². The van der Waals surface area contributed by atoms with E-state index < -0.39 is 5.60 Å². The zero-order chi connectivity index (χ0) is 14.9. The second kappa shape index (κ2) is 5.91. The number of nitrogens with zero attached hydrogens (tertiary/aromatic N) is 3. The van der Waals surface area contributed by atoms with E-state index >= 15 is 0 Å². The first-order valence-corrected chi connectivity index (χ1v) is 8.15. The predicted octanol–water partition coefficient (Wildman–Crippen LogP) is 3.65. The molecule has 0 aliphatic heterocycles. The molecule has 0 bridgehead atoms. The molecular weight excluding hydrogens is 369 g/mol. The number of ether oxygens (including phenoxy) is 1. The van der Waals surface area contributed by atoms with Crippen molar-refractivity contribution >= 4 is 28.7 Å². The number of halogens is 1. The lowest BCUT2D eigenvalue weighted by Crippen LogP contribution is -2.44. The molecule has 1 saturated carbocycles. The van der Waals surface area contributed by atoms with Gasteiger partial charge in [-0.15, -0.1) is 0 Å². The number of carbonyl (C=O) groups is 1. The van der Waals surface area contributed by atoms with Crippen LogP contribution in [0.3, 0.4) is 0 Å². The number of imidazole rings is 1. The normalized spacial score (nSPS) is 15.8. The zero-order valence-corrected chi connectivity index (χ0v) is 14.7. The fourth-order valence-electron chi connectivity index (χ4n) is 2.18. The molecule has 5 nitrogen and oxygen atoms in total. The first-order valence-electron chi connectivity index (χ1n) is 7.07. The molecule has 0 saturated heterocycles. The standard InChI is InChI=1S/C14H22IN3O2/c1-5-17(13(19)20-14(2,3)4)18-9-11(15)16-12(18)10-7-6-8-10/h9-10H,5-8H2,1-4H3. The van der Waals surface area contributed by atoms with Crippen LogP contribution in [0.5, 0.6) is 0 Å². The molecule has 1 aliphatic rings. The molecule has 0 atom stereocenters. The van der Waals surface area contributed by atoms with E-state index in [1.807, 2.05) is 38.6 Å². The highest BCUT2D eigenvalue weighted by molar-refractivity contribution is 14.1. The van der Waals surface area contributed by atoms with Gasteiger partial charge in [0.05, 0.1) is 6.20 Å². The third-order valence-electron chi connectivity index (χ3n) is 3.32. The topological polar surface area (TPSA) is 47.4 Å². The molecule has 1 heterocycles. The van der Waals surface area contributed by atoms with Crippen molar-refractivity contribution in [3.63, 3.8) is 0 Å². The van der Waals surface area contributed by atoms with Crippen molar-refractivity contribution in [2.75, 3.05) is 11.6 Å². The van der Waals surface area contributed by atoms with Gasteiger partial charge in [0.1, 0.15) is 15.1 Å². The van der Waals surface area contributed by atoms with Crippen LogP contribution in [0.1, 0.15) is 58.7 Å². The number of aromatic nitrogens is 2. The maximum absolute atomic E-state index is 12.3. The van der Waals surface area contributed by atoms with Crippen molar-refractivity contribution in [1.29, 1.82) is 0 Å². The van der Waals surface area contributed by atoms with Crippen LogP contribution in [0.25, 0.3) is 0 Å². The molecule has 112 valence electrons. The van der Waals surface area contributed by atoms with Crippen LogP contribution >= 0.6 is 22.6 Å².